The van der Waals surface area contributed by atoms with Gasteiger partial charge in [0.25, 0.3) is 0 Å². The molecule has 2 aliphatic rings. The van der Waals surface area contributed by atoms with Gasteiger partial charge in [-0.15, -0.1) is 0 Å². The van der Waals surface area contributed by atoms with E-state index < -0.39 is 5.60 Å². The normalized spacial score (nSPS) is 43.5. The summed E-state index contributed by atoms with van der Waals surface area (Å²) in [5.74, 6) is 1.37. The monoisotopic (exact) mass is 292 g/mol. The first-order chi connectivity index (χ1) is 9.86. The van der Waals surface area contributed by atoms with Crippen molar-refractivity contribution in [1.82, 2.24) is 0 Å². The highest BCUT2D eigenvalue weighted by atomic mass is 16.3. The molecule has 1 saturated carbocycles. The molecule has 21 heavy (non-hydrogen) atoms. The van der Waals surface area contributed by atoms with E-state index in [1.165, 1.54) is 12.0 Å². The minimum absolute atomic E-state index is 0.291. The van der Waals surface area contributed by atoms with Crippen LogP contribution in [0.3, 0.4) is 0 Å². The first kappa shape index (κ1) is 16.8. The van der Waals surface area contributed by atoms with Crippen molar-refractivity contribution in [1.29, 1.82) is 0 Å². The first-order valence-electron chi connectivity index (χ1n) is 8.64. The van der Waals surface area contributed by atoms with Crippen LogP contribution in [-0.4, -0.2) is 21.9 Å². The van der Waals surface area contributed by atoms with Crippen molar-refractivity contribution in [3.05, 3.63) is 23.3 Å². The Morgan fingerprint density at radius 3 is 2.57 bits per heavy atom. The highest BCUT2D eigenvalue weighted by molar-refractivity contribution is 5.27. The molecule has 2 heteroatoms. The Labute approximate surface area is 130 Å². The zero-order valence-electron chi connectivity index (χ0n) is 14.1. The topological polar surface area (TPSA) is 40.5 Å². The Morgan fingerprint density at radius 2 is 1.90 bits per heavy atom. The summed E-state index contributed by atoms with van der Waals surface area (Å²) < 4.78 is 0. The highest BCUT2D eigenvalue weighted by Gasteiger charge is 2.44. The fourth-order valence-corrected chi connectivity index (χ4v) is 4.02. The van der Waals surface area contributed by atoms with E-state index in [4.69, 9.17) is 0 Å². The number of hydrogen-bond acceptors (Lipinski definition) is 2. The molecular formula is C19H32O2. The lowest BCUT2D eigenvalue weighted by Crippen LogP contribution is -2.45. The number of hydrogen-bond donors (Lipinski definition) is 2. The molecule has 2 nitrogen and oxygen atoms in total. The number of aliphatic hydroxyl groups excluding tert-OH is 1. The summed E-state index contributed by atoms with van der Waals surface area (Å²) in [6.45, 7) is 8.71. The number of rotatable bonds is 1. The third kappa shape index (κ3) is 3.43. The Bertz CT molecular complexity index is 421. The average Bonchev–Trinajstić information content (AvgIpc) is 2.44. The molecule has 120 valence electrons. The molecule has 0 aromatic carbocycles. The van der Waals surface area contributed by atoms with E-state index in [1.807, 2.05) is 6.92 Å². The number of fused-ring (bicyclic) bond motifs is 1. The predicted octanol–water partition coefficient (Wildman–Crippen LogP) is 4.23. The van der Waals surface area contributed by atoms with Crippen molar-refractivity contribution in [2.24, 2.45) is 17.8 Å². The van der Waals surface area contributed by atoms with Gasteiger partial charge in [0.2, 0.25) is 0 Å². The molecule has 0 aromatic rings. The van der Waals surface area contributed by atoms with Crippen molar-refractivity contribution in [3.63, 3.8) is 0 Å². The highest BCUT2D eigenvalue weighted by Crippen LogP contribution is 2.47. The SMILES string of the molecule is C/C1=C/C[C@@]2(O)/C(=C\CCC[C@H]1O)[C@@H](C(C)C)CC[C@@H]2C. The molecular weight excluding hydrogens is 260 g/mol. The van der Waals surface area contributed by atoms with Gasteiger partial charge in [0.05, 0.1) is 11.7 Å². The van der Waals surface area contributed by atoms with Crippen molar-refractivity contribution in [3.8, 4) is 0 Å². The fourth-order valence-electron chi connectivity index (χ4n) is 4.02. The average molecular weight is 292 g/mol. The second kappa shape index (κ2) is 6.66. The summed E-state index contributed by atoms with van der Waals surface area (Å²) >= 11 is 0. The lowest BCUT2D eigenvalue weighted by atomic mass is 9.63. The minimum atomic E-state index is -0.717. The Balaban J connectivity index is 2.38. The summed E-state index contributed by atoms with van der Waals surface area (Å²) in [6, 6.07) is 0. The van der Waals surface area contributed by atoms with E-state index in [2.05, 4.69) is 32.9 Å². The van der Waals surface area contributed by atoms with E-state index in [0.29, 0.717) is 24.2 Å². The molecule has 2 N–H and O–H groups in total. The van der Waals surface area contributed by atoms with Gasteiger partial charge in [-0.3, -0.25) is 0 Å². The van der Waals surface area contributed by atoms with E-state index >= 15 is 0 Å². The zero-order valence-corrected chi connectivity index (χ0v) is 14.1. The first-order valence-corrected chi connectivity index (χ1v) is 8.64. The standard InChI is InChI=1S/C19H32O2/c1-13(2)16-10-9-15(4)19(21)12-11-14(3)18(20)8-6-5-7-17(16)19/h7,11,13,15-16,18,20-21H,5-6,8-10,12H2,1-4H3/b14-11-,17-7-/t15-,16+,18+,19-/m0/s1. The lowest BCUT2D eigenvalue weighted by molar-refractivity contribution is -0.0121. The largest absolute Gasteiger partial charge is 0.389 e. The summed E-state index contributed by atoms with van der Waals surface area (Å²) in [7, 11) is 0. The molecule has 4 atom stereocenters. The van der Waals surface area contributed by atoms with Crippen molar-refractivity contribution < 1.29 is 10.2 Å². The molecule has 2 aliphatic carbocycles. The molecule has 0 radical (unpaired) electrons. The fraction of sp³-hybridized carbons (Fsp3) is 0.789. The Morgan fingerprint density at radius 1 is 1.19 bits per heavy atom. The van der Waals surface area contributed by atoms with Gasteiger partial charge in [0.1, 0.15) is 0 Å². The third-order valence-corrected chi connectivity index (χ3v) is 5.74. The Kier molecular flexibility index (Phi) is 5.32. The van der Waals surface area contributed by atoms with Crippen molar-refractivity contribution >= 4 is 0 Å². The van der Waals surface area contributed by atoms with Crippen LogP contribution < -0.4 is 0 Å². The Hall–Kier alpha value is -0.600. The molecule has 0 unspecified atom stereocenters. The molecule has 0 heterocycles. The maximum Gasteiger partial charge on any atom is 0.0919 e. The van der Waals surface area contributed by atoms with Gasteiger partial charge in [-0.1, -0.05) is 32.9 Å². The van der Waals surface area contributed by atoms with Gasteiger partial charge in [0.15, 0.2) is 0 Å². The van der Waals surface area contributed by atoms with Crippen LogP contribution in [0.2, 0.25) is 0 Å². The maximum absolute atomic E-state index is 11.4. The van der Waals surface area contributed by atoms with Gasteiger partial charge in [0, 0.05) is 0 Å². The lowest BCUT2D eigenvalue weighted by Gasteiger charge is -2.46. The van der Waals surface area contributed by atoms with Crippen LogP contribution >= 0.6 is 0 Å². The molecule has 0 spiro atoms. The number of allylic oxidation sites excluding steroid dienone is 1. The molecule has 1 fully saturated rings. The van der Waals surface area contributed by atoms with Crippen LogP contribution in [0.25, 0.3) is 0 Å². The second-order valence-corrected chi connectivity index (χ2v) is 7.51. The zero-order chi connectivity index (χ0) is 15.6. The van der Waals surface area contributed by atoms with E-state index in [0.717, 1.165) is 31.3 Å². The maximum atomic E-state index is 11.4. The van der Waals surface area contributed by atoms with Crippen LogP contribution in [0.1, 0.15) is 66.2 Å². The van der Waals surface area contributed by atoms with Crippen LogP contribution in [-0.2, 0) is 0 Å². The van der Waals surface area contributed by atoms with Crippen LogP contribution in [0, 0.1) is 17.8 Å². The molecule has 2 rings (SSSR count). The quantitative estimate of drug-likeness (QED) is 0.710. The molecule has 0 saturated heterocycles. The molecule has 0 amide bonds. The van der Waals surface area contributed by atoms with Gasteiger partial charge < -0.3 is 10.2 Å². The minimum Gasteiger partial charge on any atom is -0.389 e. The van der Waals surface area contributed by atoms with Crippen LogP contribution in [0.15, 0.2) is 23.3 Å². The van der Waals surface area contributed by atoms with Crippen LogP contribution in [0.4, 0.5) is 0 Å². The van der Waals surface area contributed by atoms with E-state index in [9.17, 15) is 10.2 Å². The van der Waals surface area contributed by atoms with Gasteiger partial charge in [-0.25, -0.2) is 0 Å². The van der Waals surface area contributed by atoms with Crippen molar-refractivity contribution in [2.75, 3.05) is 0 Å². The van der Waals surface area contributed by atoms with E-state index in [-0.39, 0.29) is 6.10 Å². The smallest absolute Gasteiger partial charge is 0.0919 e. The van der Waals surface area contributed by atoms with Gasteiger partial charge in [-0.05, 0) is 74.3 Å². The van der Waals surface area contributed by atoms with Crippen LogP contribution in [0.5, 0.6) is 0 Å². The molecule has 0 bridgehead atoms. The summed E-state index contributed by atoms with van der Waals surface area (Å²) in [6.07, 6.45) is 9.74. The van der Waals surface area contributed by atoms with Crippen molar-refractivity contribution in [2.45, 2.75) is 77.9 Å². The molecule has 0 aliphatic heterocycles. The molecule has 0 aromatic heterocycles. The third-order valence-electron chi connectivity index (χ3n) is 5.74. The summed E-state index contributed by atoms with van der Waals surface area (Å²) in [5, 5.41) is 21.5. The van der Waals surface area contributed by atoms with Gasteiger partial charge in [-0.2, -0.15) is 0 Å². The van der Waals surface area contributed by atoms with Gasteiger partial charge >= 0.3 is 0 Å². The summed E-state index contributed by atoms with van der Waals surface area (Å²) in [4.78, 5) is 0. The summed E-state index contributed by atoms with van der Waals surface area (Å²) in [5.41, 5.74) is 1.58. The van der Waals surface area contributed by atoms with E-state index in [1.54, 1.807) is 0 Å². The number of aliphatic hydroxyl groups is 2. The second-order valence-electron chi connectivity index (χ2n) is 7.51. The predicted molar refractivity (Wildman–Crippen MR) is 88.0 cm³/mol.